The number of carbonyl (C=O) groups excluding carboxylic acids is 1. The molecule has 0 saturated carbocycles. The maximum Gasteiger partial charge on any atom is 0.408 e. The molecular formula is C11H18BrN3O2. The number of rotatable bonds is 2. The minimum Gasteiger partial charge on any atom is -0.444 e. The molecule has 5 nitrogen and oxygen atoms in total. The van der Waals surface area contributed by atoms with Crippen molar-refractivity contribution in [3.8, 4) is 0 Å². The van der Waals surface area contributed by atoms with Gasteiger partial charge in [-0.1, -0.05) is 0 Å². The Morgan fingerprint density at radius 3 is 2.41 bits per heavy atom. The molecular weight excluding hydrogens is 286 g/mol. The zero-order valence-corrected chi connectivity index (χ0v) is 12.3. The topological polar surface area (TPSA) is 67.0 Å². The van der Waals surface area contributed by atoms with Gasteiger partial charge in [-0.05, 0) is 50.5 Å². The van der Waals surface area contributed by atoms with Crippen molar-refractivity contribution in [2.24, 2.45) is 0 Å². The highest BCUT2D eigenvalue weighted by Crippen LogP contribution is 2.19. The molecule has 0 bridgehead atoms. The summed E-state index contributed by atoms with van der Waals surface area (Å²) in [6.45, 7) is 9.17. The maximum absolute atomic E-state index is 11.7. The van der Waals surface area contributed by atoms with Gasteiger partial charge >= 0.3 is 6.09 Å². The number of imidazole rings is 1. The molecule has 0 saturated heterocycles. The monoisotopic (exact) mass is 303 g/mol. The highest BCUT2D eigenvalue weighted by molar-refractivity contribution is 9.10. The second kappa shape index (κ2) is 4.68. The van der Waals surface area contributed by atoms with Crippen molar-refractivity contribution in [2.75, 3.05) is 0 Å². The van der Waals surface area contributed by atoms with E-state index in [0.717, 1.165) is 4.60 Å². The summed E-state index contributed by atoms with van der Waals surface area (Å²) in [7, 11) is 0. The predicted molar refractivity (Wildman–Crippen MR) is 68.7 cm³/mol. The third-order valence-corrected chi connectivity index (χ3v) is 2.35. The number of hydrogen-bond acceptors (Lipinski definition) is 3. The highest BCUT2D eigenvalue weighted by atomic mass is 79.9. The molecule has 0 aliphatic heterocycles. The van der Waals surface area contributed by atoms with Crippen molar-refractivity contribution < 1.29 is 9.53 Å². The van der Waals surface area contributed by atoms with Crippen LogP contribution in [-0.4, -0.2) is 21.7 Å². The lowest BCUT2D eigenvalue weighted by Gasteiger charge is -2.27. The second-order valence-electron chi connectivity index (χ2n) is 5.33. The van der Waals surface area contributed by atoms with Crippen LogP contribution >= 0.6 is 15.9 Å². The van der Waals surface area contributed by atoms with E-state index in [1.807, 2.05) is 34.6 Å². The van der Waals surface area contributed by atoms with Gasteiger partial charge in [0.2, 0.25) is 0 Å². The van der Waals surface area contributed by atoms with Crippen molar-refractivity contribution in [3.05, 3.63) is 16.6 Å². The molecule has 0 radical (unpaired) electrons. The number of alkyl carbamates (subject to hydrolysis) is 1. The standard InChI is InChI=1S/C11H18BrN3O2/c1-10(2,3)17-9(16)15-11(4,5)8-13-6-7(12)14-8/h6H,1-5H3,(H,13,14)(H,15,16). The van der Waals surface area contributed by atoms with Crippen molar-refractivity contribution in [1.29, 1.82) is 0 Å². The van der Waals surface area contributed by atoms with Crippen LogP contribution < -0.4 is 5.32 Å². The average molecular weight is 304 g/mol. The predicted octanol–water partition coefficient (Wildman–Crippen LogP) is 2.93. The van der Waals surface area contributed by atoms with Gasteiger partial charge in [-0.2, -0.15) is 0 Å². The molecule has 0 aliphatic carbocycles. The van der Waals surface area contributed by atoms with E-state index >= 15 is 0 Å². The maximum atomic E-state index is 11.7. The fraction of sp³-hybridized carbons (Fsp3) is 0.636. The lowest BCUT2D eigenvalue weighted by atomic mass is 10.1. The Bertz CT molecular complexity index is 407. The number of aromatic nitrogens is 2. The second-order valence-corrected chi connectivity index (χ2v) is 6.19. The molecule has 96 valence electrons. The van der Waals surface area contributed by atoms with E-state index in [-0.39, 0.29) is 0 Å². The Hall–Kier alpha value is -1.04. The molecule has 17 heavy (non-hydrogen) atoms. The summed E-state index contributed by atoms with van der Waals surface area (Å²) < 4.78 is 5.97. The number of aromatic amines is 1. The molecule has 0 aliphatic rings. The zero-order valence-electron chi connectivity index (χ0n) is 10.7. The van der Waals surface area contributed by atoms with Gasteiger partial charge in [-0.15, -0.1) is 0 Å². The first-order chi connectivity index (χ1) is 7.60. The zero-order chi connectivity index (χ0) is 13.3. The molecule has 0 unspecified atom stereocenters. The Labute approximate surface area is 109 Å². The van der Waals surface area contributed by atoms with Crippen LogP contribution in [0.5, 0.6) is 0 Å². The van der Waals surface area contributed by atoms with Crippen molar-refractivity contribution in [3.63, 3.8) is 0 Å². The molecule has 0 atom stereocenters. The van der Waals surface area contributed by atoms with Crippen LogP contribution in [0.3, 0.4) is 0 Å². The fourth-order valence-corrected chi connectivity index (χ4v) is 1.52. The van der Waals surface area contributed by atoms with E-state index in [1.165, 1.54) is 0 Å². The molecule has 1 rings (SSSR count). The molecule has 0 fully saturated rings. The van der Waals surface area contributed by atoms with E-state index in [2.05, 4.69) is 31.2 Å². The van der Waals surface area contributed by atoms with Crippen molar-refractivity contribution in [2.45, 2.75) is 45.8 Å². The lowest BCUT2D eigenvalue weighted by molar-refractivity contribution is 0.0466. The highest BCUT2D eigenvalue weighted by Gasteiger charge is 2.28. The van der Waals surface area contributed by atoms with E-state index in [1.54, 1.807) is 6.20 Å². The number of nitrogens with one attached hydrogen (secondary N) is 2. The summed E-state index contributed by atoms with van der Waals surface area (Å²) >= 11 is 3.28. The fourth-order valence-electron chi connectivity index (χ4n) is 1.23. The van der Waals surface area contributed by atoms with Crippen LogP contribution in [-0.2, 0) is 10.3 Å². The Kier molecular flexibility index (Phi) is 3.86. The van der Waals surface area contributed by atoms with Crippen LogP contribution in [0.25, 0.3) is 0 Å². The van der Waals surface area contributed by atoms with Crippen LogP contribution in [0.2, 0.25) is 0 Å². The summed E-state index contributed by atoms with van der Waals surface area (Å²) in [5.41, 5.74) is -1.13. The van der Waals surface area contributed by atoms with E-state index in [9.17, 15) is 4.79 Å². The van der Waals surface area contributed by atoms with Gasteiger partial charge in [-0.3, -0.25) is 0 Å². The Morgan fingerprint density at radius 1 is 1.41 bits per heavy atom. The SMILES string of the molecule is CC(C)(C)OC(=O)NC(C)(C)c1ncc(Br)[nH]1. The van der Waals surface area contributed by atoms with Gasteiger partial charge in [0.1, 0.15) is 16.0 Å². The Balaban J connectivity index is 2.70. The summed E-state index contributed by atoms with van der Waals surface area (Å²) in [5, 5.41) is 2.77. The molecule has 1 aromatic heterocycles. The van der Waals surface area contributed by atoms with Crippen molar-refractivity contribution >= 4 is 22.0 Å². The average Bonchev–Trinajstić information content (AvgIpc) is 2.46. The normalized spacial score (nSPS) is 12.4. The quantitative estimate of drug-likeness (QED) is 0.883. The number of carbonyl (C=O) groups is 1. The molecule has 1 heterocycles. The molecule has 1 aromatic rings. The van der Waals surface area contributed by atoms with E-state index in [4.69, 9.17) is 4.74 Å². The number of H-pyrrole nitrogens is 1. The third-order valence-electron chi connectivity index (χ3n) is 1.95. The third kappa shape index (κ3) is 4.38. The summed E-state index contributed by atoms with van der Waals surface area (Å²) in [6.07, 6.45) is 1.18. The number of amides is 1. The first kappa shape index (κ1) is 14.0. The van der Waals surface area contributed by atoms with Crippen LogP contribution in [0.4, 0.5) is 4.79 Å². The van der Waals surface area contributed by atoms with Gasteiger partial charge in [0.25, 0.3) is 0 Å². The van der Waals surface area contributed by atoms with Gasteiger partial charge in [0, 0.05) is 0 Å². The number of nitrogens with zero attached hydrogens (tertiary/aromatic N) is 1. The van der Waals surface area contributed by atoms with Gasteiger partial charge in [0.15, 0.2) is 0 Å². The minimum atomic E-state index is -0.617. The van der Waals surface area contributed by atoms with Crippen LogP contribution in [0.15, 0.2) is 10.8 Å². The van der Waals surface area contributed by atoms with E-state index < -0.39 is 17.2 Å². The lowest BCUT2D eigenvalue weighted by Crippen LogP contribution is -2.44. The first-order valence-corrected chi connectivity index (χ1v) is 6.11. The van der Waals surface area contributed by atoms with Gasteiger partial charge in [0.05, 0.1) is 11.7 Å². The van der Waals surface area contributed by atoms with E-state index in [0.29, 0.717) is 5.82 Å². The molecule has 0 aromatic carbocycles. The largest absolute Gasteiger partial charge is 0.444 e. The molecule has 6 heteroatoms. The van der Waals surface area contributed by atoms with Gasteiger partial charge in [-0.25, -0.2) is 9.78 Å². The summed E-state index contributed by atoms with van der Waals surface area (Å²) in [6, 6.07) is 0. The smallest absolute Gasteiger partial charge is 0.408 e. The van der Waals surface area contributed by atoms with Crippen LogP contribution in [0, 0.1) is 0 Å². The summed E-state index contributed by atoms with van der Waals surface area (Å²) in [5.74, 6) is 0.662. The van der Waals surface area contributed by atoms with Gasteiger partial charge < -0.3 is 15.0 Å². The van der Waals surface area contributed by atoms with Crippen LogP contribution in [0.1, 0.15) is 40.4 Å². The molecule has 0 spiro atoms. The number of hydrogen-bond donors (Lipinski definition) is 2. The summed E-state index contributed by atoms with van der Waals surface area (Å²) in [4.78, 5) is 18.9. The number of halogens is 1. The van der Waals surface area contributed by atoms with Crippen molar-refractivity contribution in [1.82, 2.24) is 15.3 Å². The Morgan fingerprint density at radius 2 is 2.00 bits per heavy atom. The minimum absolute atomic E-state index is 0.463. The molecule has 1 amide bonds. The molecule has 2 N–H and O–H groups in total. The first-order valence-electron chi connectivity index (χ1n) is 5.32. The number of ether oxygens (including phenoxy) is 1.